The van der Waals surface area contributed by atoms with Crippen LogP contribution in [0.3, 0.4) is 0 Å². The number of nitrogens with one attached hydrogen (secondary N) is 1. The van der Waals surface area contributed by atoms with Gasteiger partial charge < -0.3 is 10.4 Å². The van der Waals surface area contributed by atoms with E-state index in [0.717, 1.165) is 30.6 Å². The molecule has 0 fully saturated rings. The Morgan fingerprint density at radius 3 is 2.89 bits per heavy atom. The zero-order chi connectivity index (χ0) is 13.5. The van der Waals surface area contributed by atoms with Crippen LogP contribution in [-0.2, 0) is 6.42 Å². The summed E-state index contributed by atoms with van der Waals surface area (Å²) in [6, 6.07) is 2.01. The predicted octanol–water partition coefficient (Wildman–Crippen LogP) is 2.90. The second-order valence-corrected chi connectivity index (χ2v) is 5.95. The SMILES string of the molecule is CCCc1cc(C(=O)NCCCC(C)O)sc1C. The van der Waals surface area contributed by atoms with Crippen molar-refractivity contribution in [3.8, 4) is 0 Å². The van der Waals surface area contributed by atoms with Crippen molar-refractivity contribution in [3.05, 3.63) is 21.4 Å². The van der Waals surface area contributed by atoms with E-state index in [1.807, 2.05) is 6.07 Å². The van der Waals surface area contributed by atoms with Crippen molar-refractivity contribution in [2.75, 3.05) is 6.54 Å². The highest BCUT2D eigenvalue weighted by atomic mass is 32.1. The average molecular weight is 269 g/mol. The Morgan fingerprint density at radius 2 is 2.28 bits per heavy atom. The Hall–Kier alpha value is -0.870. The van der Waals surface area contributed by atoms with Gasteiger partial charge in [-0.3, -0.25) is 4.79 Å². The summed E-state index contributed by atoms with van der Waals surface area (Å²) in [6.45, 7) is 6.61. The molecule has 4 heteroatoms. The van der Waals surface area contributed by atoms with Crippen molar-refractivity contribution >= 4 is 17.2 Å². The molecule has 0 aliphatic heterocycles. The summed E-state index contributed by atoms with van der Waals surface area (Å²) in [5.74, 6) is 0.0102. The lowest BCUT2D eigenvalue weighted by Gasteiger charge is -2.05. The van der Waals surface area contributed by atoms with Gasteiger partial charge in [0.25, 0.3) is 5.91 Å². The molecular formula is C14H23NO2S. The van der Waals surface area contributed by atoms with Crippen LogP contribution in [0.15, 0.2) is 6.07 Å². The first kappa shape index (κ1) is 15.2. The topological polar surface area (TPSA) is 49.3 Å². The molecule has 18 heavy (non-hydrogen) atoms. The van der Waals surface area contributed by atoms with E-state index in [-0.39, 0.29) is 12.0 Å². The Bertz CT molecular complexity index is 385. The van der Waals surface area contributed by atoms with Gasteiger partial charge in [-0.05, 0) is 44.7 Å². The van der Waals surface area contributed by atoms with Crippen LogP contribution < -0.4 is 5.32 Å². The first-order chi connectivity index (χ1) is 8.54. The third-order valence-electron chi connectivity index (χ3n) is 2.85. The van der Waals surface area contributed by atoms with Gasteiger partial charge >= 0.3 is 0 Å². The minimum Gasteiger partial charge on any atom is -0.393 e. The lowest BCUT2D eigenvalue weighted by molar-refractivity contribution is 0.0953. The van der Waals surface area contributed by atoms with Crippen LogP contribution in [-0.4, -0.2) is 23.7 Å². The molecule has 2 N–H and O–H groups in total. The van der Waals surface area contributed by atoms with E-state index in [1.54, 1.807) is 18.3 Å². The summed E-state index contributed by atoms with van der Waals surface area (Å²) in [4.78, 5) is 13.9. The average Bonchev–Trinajstić information content (AvgIpc) is 2.67. The maximum absolute atomic E-state index is 11.9. The summed E-state index contributed by atoms with van der Waals surface area (Å²) < 4.78 is 0. The number of thiophene rings is 1. The van der Waals surface area contributed by atoms with Gasteiger partial charge in [0, 0.05) is 11.4 Å². The third kappa shape index (κ3) is 4.78. The van der Waals surface area contributed by atoms with E-state index < -0.39 is 0 Å². The lowest BCUT2D eigenvalue weighted by atomic mass is 10.1. The molecule has 1 amide bonds. The molecule has 1 aromatic rings. The van der Waals surface area contributed by atoms with E-state index in [9.17, 15) is 4.79 Å². The number of aliphatic hydroxyl groups excluding tert-OH is 1. The van der Waals surface area contributed by atoms with Gasteiger partial charge in [0.1, 0.15) is 0 Å². The minimum absolute atomic E-state index is 0.0102. The molecule has 102 valence electrons. The van der Waals surface area contributed by atoms with Crippen molar-refractivity contribution in [2.24, 2.45) is 0 Å². The molecule has 1 rings (SSSR count). The highest BCUT2D eigenvalue weighted by Crippen LogP contribution is 2.22. The molecular weight excluding hydrogens is 246 g/mol. The van der Waals surface area contributed by atoms with Crippen molar-refractivity contribution in [2.45, 2.75) is 52.6 Å². The van der Waals surface area contributed by atoms with E-state index in [1.165, 1.54) is 10.4 Å². The number of aliphatic hydroxyl groups is 1. The van der Waals surface area contributed by atoms with Crippen molar-refractivity contribution < 1.29 is 9.90 Å². The van der Waals surface area contributed by atoms with Crippen LogP contribution >= 0.6 is 11.3 Å². The molecule has 3 nitrogen and oxygen atoms in total. The first-order valence-electron chi connectivity index (χ1n) is 6.60. The van der Waals surface area contributed by atoms with Crippen LogP contribution in [0.25, 0.3) is 0 Å². The highest BCUT2D eigenvalue weighted by Gasteiger charge is 2.11. The number of carbonyl (C=O) groups excluding carboxylic acids is 1. The molecule has 1 heterocycles. The van der Waals surface area contributed by atoms with Gasteiger partial charge in [0.15, 0.2) is 0 Å². The van der Waals surface area contributed by atoms with Crippen LogP contribution in [0.1, 0.15) is 53.2 Å². The van der Waals surface area contributed by atoms with Gasteiger partial charge in [-0.1, -0.05) is 13.3 Å². The molecule has 1 unspecified atom stereocenters. The zero-order valence-corrected chi connectivity index (χ0v) is 12.3. The highest BCUT2D eigenvalue weighted by molar-refractivity contribution is 7.14. The number of rotatable bonds is 7. The monoisotopic (exact) mass is 269 g/mol. The number of hydrogen-bond donors (Lipinski definition) is 2. The zero-order valence-electron chi connectivity index (χ0n) is 11.5. The Morgan fingerprint density at radius 1 is 1.56 bits per heavy atom. The quantitative estimate of drug-likeness (QED) is 0.748. The summed E-state index contributed by atoms with van der Waals surface area (Å²) in [7, 11) is 0. The van der Waals surface area contributed by atoms with Crippen molar-refractivity contribution in [1.82, 2.24) is 5.32 Å². The maximum Gasteiger partial charge on any atom is 0.261 e. The summed E-state index contributed by atoms with van der Waals surface area (Å²) in [5, 5.41) is 12.0. The van der Waals surface area contributed by atoms with E-state index >= 15 is 0 Å². The van der Waals surface area contributed by atoms with Crippen LogP contribution in [0.2, 0.25) is 0 Å². The molecule has 1 atom stereocenters. The Balaban J connectivity index is 2.44. The van der Waals surface area contributed by atoms with Gasteiger partial charge in [-0.15, -0.1) is 11.3 Å². The van der Waals surface area contributed by atoms with Crippen LogP contribution in [0, 0.1) is 6.92 Å². The molecule has 0 saturated heterocycles. The molecule has 0 saturated carbocycles. The molecule has 1 aromatic heterocycles. The van der Waals surface area contributed by atoms with E-state index in [4.69, 9.17) is 5.11 Å². The van der Waals surface area contributed by atoms with E-state index in [0.29, 0.717) is 6.54 Å². The van der Waals surface area contributed by atoms with E-state index in [2.05, 4.69) is 19.2 Å². The lowest BCUT2D eigenvalue weighted by Crippen LogP contribution is -2.24. The fourth-order valence-corrected chi connectivity index (χ4v) is 2.82. The second kappa shape index (κ2) is 7.54. The van der Waals surface area contributed by atoms with Crippen molar-refractivity contribution in [3.63, 3.8) is 0 Å². The van der Waals surface area contributed by atoms with Crippen LogP contribution in [0.5, 0.6) is 0 Å². The summed E-state index contributed by atoms with van der Waals surface area (Å²) in [5.41, 5.74) is 1.29. The smallest absolute Gasteiger partial charge is 0.261 e. The fraction of sp³-hybridized carbons (Fsp3) is 0.643. The standard InChI is InChI=1S/C14H23NO2S/c1-4-6-12-9-13(18-11(12)3)14(17)15-8-5-7-10(2)16/h9-10,16H,4-8H2,1-3H3,(H,15,17). The Labute approximate surface area is 113 Å². The molecule has 0 aliphatic rings. The van der Waals surface area contributed by atoms with Gasteiger partial charge in [-0.2, -0.15) is 0 Å². The number of carbonyl (C=O) groups is 1. The number of amides is 1. The second-order valence-electron chi connectivity index (χ2n) is 4.69. The first-order valence-corrected chi connectivity index (χ1v) is 7.41. The largest absolute Gasteiger partial charge is 0.393 e. The summed E-state index contributed by atoms with van der Waals surface area (Å²) >= 11 is 1.57. The normalized spacial score (nSPS) is 12.4. The van der Waals surface area contributed by atoms with Crippen molar-refractivity contribution in [1.29, 1.82) is 0 Å². The van der Waals surface area contributed by atoms with Gasteiger partial charge in [-0.25, -0.2) is 0 Å². The number of hydrogen-bond acceptors (Lipinski definition) is 3. The fourth-order valence-electron chi connectivity index (χ4n) is 1.84. The van der Waals surface area contributed by atoms with Crippen LogP contribution in [0.4, 0.5) is 0 Å². The summed E-state index contributed by atoms with van der Waals surface area (Å²) in [6.07, 6.45) is 3.40. The van der Waals surface area contributed by atoms with Gasteiger partial charge in [0.2, 0.25) is 0 Å². The molecule has 0 radical (unpaired) electrons. The number of aryl methyl sites for hydroxylation is 2. The third-order valence-corrected chi connectivity index (χ3v) is 3.94. The molecule has 0 aromatic carbocycles. The maximum atomic E-state index is 11.9. The van der Waals surface area contributed by atoms with Gasteiger partial charge in [0.05, 0.1) is 11.0 Å². The Kier molecular flexibility index (Phi) is 6.36. The molecule has 0 bridgehead atoms. The molecule has 0 spiro atoms. The predicted molar refractivity (Wildman–Crippen MR) is 76.3 cm³/mol. The minimum atomic E-state index is -0.290. The molecule has 0 aliphatic carbocycles.